The molecule has 232 valence electrons. The van der Waals surface area contributed by atoms with Gasteiger partial charge >= 0.3 is 0 Å². The quantitative estimate of drug-likeness (QED) is 0.187. The van der Waals surface area contributed by atoms with Crippen LogP contribution >= 0.6 is 11.3 Å². The molecule has 2 aliphatic carbocycles. The smallest absolute Gasteiger partial charge is 0.0626 e. The van der Waals surface area contributed by atoms with Crippen molar-refractivity contribution in [2.45, 2.75) is 38.1 Å². The highest BCUT2D eigenvalue weighted by atomic mass is 32.1. The number of thiophene rings is 1. The number of aromatic nitrogens is 1. The molecule has 2 nitrogen and oxygen atoms in total. The van der Waals surface area contributed by atoms with E-state index in [1.54, 1.807) is 5.57 Å². The number of hydrogen-bond donors (Lipinski definition) is 0. The van der Waals surface area contributed by atoms with Crippen LogP contribution in [0, 0.1) is 5.92 Å². The van der Waals surface area contributed by atoms with Crippen LogP contribution in [0.25, 0.3) is 47.7 Å². The van der Waals surface area contributed by atoms with Gasteiger partial charge in [-0.1, -0.05) is 98.8 Å². The molecule has 0 amide bonds. The van der Waals surface area contributed by atoms with Crippen molar-refractivity contribution < 1.29 is 0 Å². The Hall–Kier alpha value is -5.12. The molecule has 3 heterocycles. The lowest BCUT2D eigenvalue weighted by molar-refractivity contribution is 0.594. The fraction of sp³-hybridized carbons (Fsp3) is 0.156. The van der Waals surface area contributed by atoms with Crippen LogP contribution in [-0.4, -0.2) is 10.6 Å². The van der Waals surface area contributed by atoms with Crippen LogP contribution in [0.3, 0.4) is 0 Å². The van der Waals surface area contributed by atoms with Gasteiger partial charge in [0.05, 0.1) is 17.1 Å². The third-order valence-electron chi connectivity index (χ3n) is 11.1. The van der Waals surface area contributed by atoms with E-state index in [2.05, 4.69) is 169 Å². The van der Waals surface area contributed by atoms with E-state index < -0.39 is 0 Å². The second kappa shape index (κ2) is 10.4. The molecule has 5 aromatic carbocycles. The van der Waals surface area contributed by atoms with Gasteiger partial charge in [-0.2, -0.15) is 0 Å². The summed E-state index contributed by atoms with van der Waals surface area (Å²) in [6, 6.07) is 43.1. The van der Waals surface area contributed by atoms with Crippen LogP contribution in [-0.2, 0) is 5.41 Å². The first-order valence-corrected chi connectivity index (χ1v) is 18.0. The van der Waals surface area contributed by atoms with Crippen LogP contribution < -0.4 is 4.90 Å². The molecule has 0 fully saturated rings. The van der Waals surface area contributed by atoms with Crippen molar-refractivity contribution in [3.05, 3.63) is 168 Å². The van der Waals surface area contributed by atoms with Crippen molar-refractivity contribution in [1.82, 2.24) is 4.57 Å². The monoisotopic (exact) mass is 636 g/mol. The molecular weight excluding hydrogens is 601 g/mol. The van der Waals surface area contributed by atoms with Crippen LogP contribution in [0.4, 0.5) is 5.69 Å². The standard InChI is InChI=1S/C45H36N2S/c1-45(2,29-20-23-41-36(26-29)33-14-6-9-17-39(33)46(41)31-12-4-3-5-13-31)30-21-24-42-37(27-30)34-15-7-10-18-40(34)47(42)32-22-25-44-38(28-32)35-16-8-11-19-43(35)48-44/h3-5,7-13,15-28,36,41H,6,14H2,1-2H3. The molecule has 0 saturated carbocycles. The fourth-order valence-corrected chi connectivity index (χ4v) is 9.69. The molecule has 48 heavy (non-hydrogen) atoms. The van der Waals surface area contributed by atoms with Crippen LogP contribution in [0.2, 0.25) is 0 Å². The maximum atomic E-state index is 2.59. The first-order valence-electron chi connectivity index (χ1n) is 17.2. The van der Waals surface area contributed by atoms with E-state index in [1.165, 1.54) is 70.2 Å². The minimum atomic E-state index is -0.154. The summed E-state index contributed by atoms with van der Waals surface area (Å²) in [5.74, 6) is 0.387. The van der Waals surface area contributed by atoms with Gasteiger partial charge in [-0.05, 0) is 90.2 Å². The summed E-state index contributed by atoms with van der Waals surface area (Å²) in [7, 11) is 0. The zero-order chi connectivity index (χ0) is 32.0. The minimum Gasteiger partial charge on any atom is -0.334 e. The van der Waals surface area contributed by atoms with E-state index in [4.69, 9.17) is 0 Å². The summed E-state index contributed by atoms with van der Waals surface area (Å²) in [5, 5.41) is 5.27. The average Bonchev–Trinajstić information content (AvgIpc) is 3.79. The Balaban J connectivity index is 1.08. The fourth-order valence-electron chi connectivity index (χ4n) is 8.60. The van der Waals surface area contributed by atoms with Gasteiger partial charge in [-0.25, -0.2) is 0 Å². The van der Waals surface area contributed by atoms with E-state index >= 15 is 0 Å². The maximum absolute atomic E-state index is 2.59. The Morgan fingerprint density at radius 1 is 0.667 bits per heavy atom. The van der Waals surface area contributed by atoms with Crippen molar-refractivity contribution >= 4 is 59.0 Å². The van der Waals surface area contributed by atoms with Gasteiger partial charge in [0.1, 0.15) is 0 Å². The molecule has 0 saturated heterocycles. The molecule has 0 radical (unpaired) electrons. The van der Waals surface area contributed by atoms with Crippen LogP contribution in [0.5, 0.6) is 0 Å². The predicted molar refractivity (Wildman–Crippen MR) is 206 cm³/mol. The number of hydrogen-bond acceptors (Lipinski definition) is 2. The molecule has 7 aromatic rings. The Morgan fingerprint density at radius 2 is 1.44 bits per heavy atom. The first-order chi connectivity index (χ1) is 23.6. The second-order valence-electron chi connectivity index (χ2n) is 14.0. The highest BCUT2D eigenvalue weighted by molar-refractivity contribution is 7.25. The van der Waals surface area contributed by atoms with Gasteiger partial charge < -0.3 is 9.47 Å². The Bertz CT molecular complexity index is 2550. The Labute approximate surface area is 285 Å². The largest absolute Gasteiger partial charge is 0.334 e. The number of para-hydroxylation sites is 2. The number of benzene rings is 5. The minimum absolute atomic E-state index is 0.154. The molecule has 0 N–H and O–H groups in total. The van der Waals surface area contributed by atoms with E-state index in [9.17, 15) is 0 Å². The summed E-state index contributed by atoms with van der Waals surface area (Å²) < 4.78 is 5.13. The van der Waals surface area contributed by atoms with Crippen molar-refractivity contribution in [1.29, 1.82) is 0 Å². The van der Waals surface area contributed by atoms with Gasteiger partial charge in [0.25, 0.3) is 0 Å². The number of anilines is 1. The summed E-state index contributed by atoms with van der Waals surface area (Å²) >= 11 is 1.87. The molecule has 1 aliphatic heterocycles. The van der Waals surface area contributed by atoms with Gasteiger partial charge in [-0.15, -0.1) is 11.3 Å². The molecule has 3 heteroatoms. The Morgan fingerprint density at radius 3 is 2.33 bits per heavy atom. The lowest BCUT2D eigenvalue weighted by Crippen LogP contribution is -2.34. The van der Waals surface area contributed by atoms with Crippen molar-refractivity contribution in [2.75, 3.05) is 4.90 Å². The predicted octanol–water partition coefficient (Wildman–Crippen LogP) is 12.0. The lowest BCUT2D eigenvalue weighted by atomic mass is 9.72. The summed E-state index contributed by atoms with van der Waals surface area (Å²) in [4.78, 5) is 2.56. The first kappa shape index (κ1) is 27.9. The van der Waals surface area contributed by atoms with Crippen molar-refractivity contribution in [2.24, 2.45) is 5.92 Å². The number of fused-ring (bicyclic) bond motifs is 8. The van der Waals surface area contributed by atoms with E-state index in [-0.39, 0.29) is 5.41 Å². The highest BCUT2D eigenvalue weighted by Crippen LogP contribution is 2.48. The maximum Gasteiger partial charge on any atom is 0.0626 e. The number of nitrogens with zero attached hydrogens (tertiary/aromatic N) is 2. The SMILES string of the molecule is CC(C)(C1=CC2C3=C(C=CCC3)N(c3ccccc3)C2C=C1)c1ccc2c(c1)c1ccccc1n2-c1ccc2sc3ccccc3c2c1. The summed E-state index contributed by atoms with van der Waals surface area (Å²) in [5.41, 5.74) is 10.6. The van der Waals surface area contributed by atoms with Gasteiger partial charge in [-0.3, -0.25) is 0 Å². The van der Waals surface area contributed by atoms with Crippen LogP contribution in [0.1, 0.15) is 32.3 Å². The molecule has 2 unspecified atom stereocenters. The van der Waals surface area contributed by atoms with Crippen LogP contribution in [0.15, 0.2) is 162 Å². The zero-order valence-corrected chi connectivity index (χ0v) is 28.0. The molecule has 3 aliphatic rings. The zero-order valence-electron chi connectivity index (χ0n) is 27.2. The molecule has 2 aromatic heterocycles. The number of rotatable bonds is 4. The molecule has 0 bridgehead atoms. The van der Waals surface area contributed by atoms with Gasteiger partial charge in [0.15, 0.2) is 0 Å². The molecular formula is C45H36N2S. The average molecular weight is 637 g/mol. The van der Waals surface area contributed by atoms with Gasteiger partial charge in [0.2, 0.25) is 0 Å². The third kappa shape index (κ3) is 4.04. The van der Waals surface area contributed by atoms with E-state index in [0.29, 0.717) is 12.0 Å². The van der Waals surface area contributed by atoms with Crippen molar-refractivity contribution in [3.8, 4) is 5.69 Å². The number of allylic oxidation sites excluding steroid dienone is 4. The summed E-state index contributed by atoms with van der Waals surface area (Å²) in [6.45, 7) is 4.80. The lowest BCUT2D eigenvalue weighted by Gasteiger charge is -2.35. The second-order valence-corrected chi connectivity index (χ2v) is 15.1. The normalized spacial score (nSPS) is 19.1. The van der Waals surface area contributed by atoms with Gasteiger partial charge in [0, 0.05) is 59.3 Å². The van der Waals surface area contributed by atoms with E-state index in [0.717, 1.165) is 12.8 Å². The molecule has 0 spiro atoms. The Kier molecular flexibility index (Phi) is 6.08. The third-order valence-corrected chi connectivity index (χ3v) is 12.3. The van der Waals surface area contributed by atoms with E-state index in [1.807, 2.05) is 11.3 Å². The molecule has 10 rings (SSSR count). The summed E-state index contributed by atoms with van der Waals surface area (Å²) in [6.07, 6.45) is 14.4. The topological polar surface area (TPSA) is 8.17 Å². The molecule has 2 atom stereocenters. The highest BCUT2D eigenvalue weighted by Gasteiger charge is 2.41. The van der Waals surface area contributed by atoms with Crippen molar-refractivity contribution in [3.63, 3.8) is 0 Å².